The molecular formula is C13H13N3O4. The minimum absolute atomic E-state index is 0.0722. The van der Waals surface area contributed by atoms with E-state index in [1.807, 2.05) is 0 Å². The maximum absolute atomic E-state index is 11.7. The highest BCUT2D eigenvalue weighted by Crippen LogP contribution is 2.01. The van der Waals surface area contributed by atoms with Crippen LogP contribution < -0.4 is 16.0 Å². The lowest BCUT2D eigenvalue weighted by molar-refractivity contribution is -0.128. The van der Waals surface area contributed by atoms with Gasteiger partial charge >= 0.3 is 0 Å². The predicted molar refractivity (Wildman–Crippen MR) is 68.5 cm³/mol. The van der Waals surface area contributed by atoms with Crippen molar-refractivity contribution in [3.8, 4) is 0 Å². The van der Waals surface area contributed by atoms with Crippen LogP contribution >= 0.6 is 0 Å². The zero-order valence-electron chi connectivity index (χ0n) is 10.5. The van der Waals surface area contributed by atoms with Crippen LogP contribution in [0.25, 0.3) is 0 Å². The third-order valence-corrected chi connectivity index (χ3v) is 2.75. The first-order valence-electron chi connectivity index (χ1n) is 6.02. The van der Waals surface area contributed by atoms with Gasteiger partial charge < -0.3 is 10.6 Å². The molecule has 1 aromatic carbocycles. The van der Waals surface area contributed by atoms with Crippen molar-refractivity contribution in [2.24, 2.45) is 0 Å². The highest BCUT2D eigenvalue weighted by atomic mass is 16.2. The summed E-state index contributed by atoms with van der Waals surface area (Å²) in [5.41, 5.74) is 0.439. The van der Waals surface area contributed by atoms with Gasteiger partial charge in [0, 0.05) is 5.56 Å². The highest BCUT2D eigenvalue weighted by molar-refractivity contribution is 6.07. The highest BCUT2D eigenvalue weighted by Gasteiger charge is 2.31. The second-order valence-electron chi connectivity index (χ2n) is 4.29. The molecule has 1 aliphatic heterocycles. The lowest BCUT2D eigenvalue weighted by Crippen LogP contribution is -2.45. The summed E-state index contributed by atoms with van der Waals surface area (Å²) >= 11 is 0. The van der Waals surface area contributed by atoms with Crippen LogP contribution in [-0.2, 0) is 14.4 Å². The van der Waals surface area contributed by atoms with E-state index in [0.717, 1.165) is 0 Å². The van der Waals surface area contributed by atoms with Crippen LogP contribution in [-0.4, -0.2) is 36.2 Å². The minimum atomic E-state index is -0.858. The lowest BCUT2D eigenvalue weighted by atomic mass is 10.2. The number of nitrogens with one attached hydrogen (secondary N) is 3. The Kier molecular flexibility index (Phi) is 4.09. The third kappa shape index (κ3) is 3.41. The van der Waals surface area contributed by atoms with Crippen LogP contribution in [0.5, 0.6) is 0 Å². The number of hydrogen-bond acceptors (Lipinski definition) is 4. The molecule has 0 bridgehead atoms. The molecular weight excluding hydrogens is 262 g/mol. The first-order valence-corrected chi connectivity index (χ1v) is 6.02. The fraction of sp³-hybridized carbons (Fsp3) is 0.231. The smallest absolute Gasteiger partial charge is 0.251 e. The molecule has 0 aliphatic carbocycles. The van der Waals surface area contributed by atoms with Gasteiger partial charge in [-0.05, 0) is 12.1 Å². The Balaban J connectivity index is 1.80. The molecule has 0 radical (unpaired) electrons. The fourth-order valence-corrected chi connectivity index (χ4v) is 1.77. The summed E-state index contributed by atoms with van der Waals surface area (Å²) in [4.78, 5) is 45.4. The molecule has 7 nitrogen and oxygen atoms in total. The first kappa shape index (κ1) is 13.7. The number of carbonyl (C=O) groups excluding carboxylic acids is 4. The Hall–Kier alpha value is -2.70. The van der Waals surface area contributed by atoms with Gasteiger partial charge in [-0.3, -0.25) is 24.5 Å². The molecule has 0 spiro atoms. The topological polar surface area (TPSA) is 104 Å². The Morgan fingerprint density at radius 2 is 1.90 bits per heavy atom. The number of rotatable bonds is 4. The van der Waals surface area contributed by atoms with Crippen molar-refractivity contribution in [1.29, 1.82) is 0 Å². The van der Waals surface area contributed by atoms with E-state index < -0.39 is 23.8 Å². The standard InChI is InChI=1S/C13H13N3O4/c17-10-6-9(13(20)16-10)15-11(18)7-14-12(19)8-4-2-1-3-5-8/h1-5,9H,6-7H2,(H,14,19)(H,15,18)(H,16,17,20). The SMILES string of the molecule is O=C1CC(NC(=O)CNC(=O)c2ccccc2)C(=O)N1. The lowest BCUT2D eigenvalue weighted by Gasteiger charge is -2.10. The van der Waals surface area contributed by atoms with Crippen LogP contribution in [0.2, 0.25) is 0 Å². The number of hydrogen-bond donors (Lipinski definition) is 3. The van der Waals surface area contributed by atoms with Gasteiger partial charge in [-0.15, -0.1) is 0 Å². The molecule has 1 atom stereocenters. The minimum Gasteiger partial charge on any atom is -0.343 e. The first-order chi connectivity index (χ1) is 9.56. The van der Waals surface area contributed by atoms with Gasteiger partial charge in [0.2, 0.25) is 17.7 Å². The molecule has 2 rings (SSSR count). The maximum Gasteiger partial charge on any atom is 0.251 e. The summed E-state index contributed by atoms with van der Waals surface area (Å²) < 4.78 is 0. The number of imide groups is 1. The van der Waals surface area contributed by atoms with Gasteiger partial charge in [-0.25, -0.2) is 0 Å². The molecule has 1 unspecified atom stereocenters. The molecule has 7 heteroatoms. The summed E-state index contributed by atoms with van der Waals surface area (Å²) in [6.07, 6.45) is -0.0722. The van der Waals surface area contributed by atoms with E-state index in [9.17, 15) is 19.2 Å². The average Bonchev–Trinajstić information content (AvgIpc) is 2.75. The molecule has 1 fully saturated rings. The fourth-order valence-electron chi connectivity index (χ4n) is 1.77. The third-order valence-electron chi connectivity index (χ3n) is 2.75. The molecule has 0 aromatic heterocycles. The van der Waals surface area contributed by atoms with Crippen molar-refractivity contribution in [1.82, 2.24) is 16.0 Å². The Morgan fingerprint density at radius 1 is 1.20 bits per heavy atom. The van der Waals surface area contributed by atoms with Crippen molar-refractivity contribution in [2.75, 3.05) is 6.54 Å². The van der Waals surface area contributed by atoms with Crippen LogP contribution in [0.1, 0.15) is 16.8 Å². The molecule has 20 heavy (non-hydrogen) atoms. The van der Waals surface area contributed by atoms with E-state index in [1.54, 1.807) is 30.3 Å². The van der Waals surface area contributed by atoms with Gasteiger partial charge in [-0.2, -0.15) is 0 Å². The molecule has 3 N–H and O–H groups in total. The Labute approximate surface area is 114 Å². The molecule has 1 aliphatic rings. The summed E-state index contributed by atoms with van der Waals surface area (Å²) in [5.74, 6) is -1.86. The average molecular weight is 275 g/mol. The predicted octanol–water partition coefficient (Wildman–Crippen LogP) is -1.05. The quantitative estimate of drug-likeness (QED) is 0.610. The van der Waals surface area contributed by atoms with Gasteiger partial charge in [0.1, 0.15) is 6.04 Å². The number of carbonyl (C=O) groups is 4. The molecule has 4 amide bonds. The molecule has 1 aromatic rings. The second kappa shape index (κ2) is 5.96. The Morgan fingerprint density at radius 3 is 2.50 bits per heavy atom. The molecule has 1 heterocycles. The largest absolute Gasteiger partial charge is 0.343 e. The zero-order chi connectivity index (χ0) is 14.5. The van der Waals surface area contributed by atoms with E-state index in [1.165, 1.54) is 0 Å². The van der Waals surface area contributed by atoms with E-state index in [-0.39, 0.29) is 18.9 Å². The van der Waals surface area contributed by atoms with E-state index >= 15 is 0 Å². The zero-order valence-corrected chi connectivity index (χ0v) is 10.5. The van der Waals surface area contributed by atoms with E-state index in [4.69, 9.17) is 0 Å². The second-order valence-corrected chi connectivity index (χ2v) is 4.29. The summed E-state index contributed by atoms with van der Waals surface area (Å²) in [6, 6.07) is 7.59. The number of amides is 4. The molecule has 0 saturated carbocycles. The van der Waals surface area contributed by atoms with Crippen LogP contribution in [0, 0.1) is 0 Å². The normalized spacial score (nSPS) is 17.5. The molecule has 104 valence electrons. The van der Waals surface area contributed by atoms with Gasteiger partial charge in [0.05, 0.1) is 13.0 Å². The van der Waals surface area contributed by atoms with Crippen molar-refractivity contribution < 1.29 is 19.2 Å². The van der Waals surface area contributed by atoms with Gasteiger partial charge in [0.15, 0.2) is 0 Å². The number of benzene rings is 1. The summed E-state index contributed by atoms with van der Waals surface area (Å²) in [6.45, 7) is -0.258. The molecule has 1 saturated heterocycles. The van der Waals surface area contributed by atoms with Crippen LogP contribution in [0.4, 0.5) is 0 Å². The van der Waals surface area contributed by atoms with Crippen molar-refractivity contribution in [3.05, 3.63) is 35.9 Å². The van der Waals surface area contributed by atoms with Crippen LogP contribution in [0.15, 0.2) is 30.3 Å². The van der Waals surface area contributed by atoms with Crippen LogP contribution in [0.3, 0.4) is 0 Å². The maximum atomic E-state index is 11.7. The Bertz CT molecular complexity index is 556. The van der Waals surface area contributed by atoms with Gasteiger partial charge in [-0.1, -0.05) is 18.2 Å². The van der Waals surface area contributed by atoms with Crippen molar-refractivity contribution in [3.63, 3.8) is 0 Å². The summed E-state index contributed by atoms with van der Waals surface area (Å²) in [7, 11) is 0. The van der Waals surface area contributed by atoms with E-state index in [2.05, 4.69) is 16.0 Å². The van der Waals surface area contributed by atoms with Gasteiger partial charge in [0.25, 0.3) is 5.91 Å². The monoisotopic (exact) mass is 275 g/mol. The summed E-state index contributed by atoms with van der Waals surface area (Å²) in [5, 5.41) is 6.89. The van der Waals surface area contributed by atoms with Crippen molar-refractivity contribution >= 4 is 23.6 Å². The van der Waals surface area contributed by atoms with Crippen molar-refractivity contribution in [2.45, 2.75) is 12.5 Å². The van der Waals surface area contributed by atoms with E-state index in [0.29, 0.717) is 5.56 Å².